The summed E-state index contributed by atoms with van der Waals surface area (Å²) in [6.45, 7) is 6.68. The smallest absolute Gasteiger partial charge is 0.289 e. The molecule has 4 nitrogen and oxygen atoms in total. The molecule has 0 bridgehead atoms. The second-order valence-corrected chi connectivity index (χ2v) is 4.04. The number of rotatable bonds is 4. The highest BCUT2D eigenvalue weighted by Gasteiger charge is 2.17. The van der Waals surface area contributed by atoms with Crippen LogP contribution in [0.1, 0.15) is 17.5 Å². The van der Waals surface area contributed by atoms with Gasteiger partial charge in [-0.3, -0.25) is 4.79 Å². The van der Waals surface area contributed by atoms with Crippen LogP contribution in [-0.4, -0.2) is 23.9 Å². The van der Waals surface area contributed by atoms with E-state index in [1.807, 2.05) is 6.92 Å². The van der Waals surface area contributed by atoms with E-state index in [-0.39, 0.29) is 5.91 Å². The summed E-state index contributed by atoms with van der Waals surface area (Å²) in [6.07, 6.45) is 1.70. The summed E-state index contributed by atoms with van der Waals surface area (Å²) in [5, 5.41) is 0.841. The lowest BCUT2D eigenvalue weighted by molar-refractivity contribution is 0.0753. The second kappa shape index (κ2) is 4.96. The molecule has 0 saturated carbocycles. The average molecular weight is 244 g/mol. The first-order valence-corrected chi connectivity index (χ1v) is 5.85. The number of amides is 1. The van der Waals surface area contributed by atoms with E-state index >= 15 is 0 Å². The summed E-state index contributed by atoms with van der Waals surface area (Å²) < 4.78 is 5.53. The fourth-order valence-electron chi connectivity index (χ4n) is 1.83. The number of hydrogen-bond acceptors (Lipinski definition) is 3. The van der Waals surface area contributed by atoms with Crippen LogP contribution in [0.3, 0.4) is 0 Å². The number of carbonyl (C=O) groups is 1. The lowest BCUT2D eigenvalue weighted by Gasteiger charge is -2.16. The third-order valence-electron chi connectivity index (χ3n) is 2.77. The van der Waals surface area contributed by atoms with Crippen LogP contribution >= 0.6 is 0 Å². The topological polar surface area (TPSA) is 59.5 Å². The van der Waals surface area contributed by atoms with Crippen molar-refractivity contribution >= 4 is 22.6 Å². The van der Waals surface area contributed by atoms with Crippen molar-refractivity contribution in [2.45, 2.75) is 6.92 Å². The average Bonchev–Trinajstić information content (AvgIpc) is 2.77. The predicted molar refractivity (Wildman–Crippen MR) is 72.4 cm³/mol. The Morgan fingerprint density at radius 3 is 2.94 bits per heavy atom. The Bertz CT molecular complexity index is 586. The predicted octanol–water partition coefficient (Wildman–Crippen LogP) is 2.66. The maximum absolute atomic E-state index is 12.2. The summed E-state index contributed by atoms with van der Waals surface area (Å²) in [4.78, 5) is 13.8. The van der Waals surface area contributed by atoms with Gasteiger partial charge in [-0.2, -0.15) is 0 Å². The molecule has 1 aromatic heterocycles. The number of fused-ring (bicyclic) bond motifs is 1. The van der Waals surface area contributed by atoms with Gasteiger partial charge in [0.05, 0.1) is 0 Å². The number of furan rings is 1. The number of anilines is 1. The molecule has 0 atom stereocenters. The Labute approximate surface area is 106 Å². The normalized spacial score (nSPS) is 10.5. The van der Waals surface area contributed by atoms with Gasteiger partial charge in [-0.15, -0.1) is 6.58 Å². The molecule has 0 aliphatic carbocycles. The minimum atomic E-state index is -0.132. The van der Waals surface area contributed by atoms with E-state index < -0.39 is 0 Å². The molecule has 0 aliphatic rings. The van der Waals surface area contributed by atoms with E-state index in [9.17, 15) is 4.79 Å². The molecule has 0 fully saturated rings. The van der Waals surface area contributed by atoms with Crippen molar-refractivity contribution in [1.82, 2.24) is 4.90 Å². The molecule has 0 spiro atoms. The molecule has 2 N–H and O–H groups in total. The summed E-state index contributed by atoms with van der Waals surface area (Å²) in [6, 6.07) is 7.03. The van der Waals surface area contributed by atoms with Gasteiger partial charge in [0.2, 0.25) is 0 Å². The fourth-order valence-corrected chi connectivity index (χ4v) is 1.83. The molecule has 18 heavy (non-hydrogen) atoms. The molecule has 1 amide bonds. The lowest BCUT2D eigenvalue weighted by atomic mass is 10.2. The van der Waals surface area contributed by atoms with Crippen LogP contribution < -0.4 is 5.73 Å². The third-order valence-corrected chi connectivity index (χ3v) is 2.77. The van der Waals surface area contributed by atoms with Crippen molar-refractivity contribution in [3.63, 3.8) is 0 Å². The molecule has 0 saturated heterocycles. The number of carbonyl (C=O) groups excluding carboxylic acids is 1. The van der Waals surface area contributed by atoms with Gasteiger partial charge in [0.15, 0.2) is 5.76 Å². The van der Waals surface area contributed by atoms with E-state index in [0.717, 1.165) is 5.39 Å². The Hall–Kier alpha value is -2.23. The molecular weight excluding hydrogens is 228 g/mol. The van der Waals surface area contributed by atoms with Crippen molar-refractivity contribution in [2.75, 3.05) is 18.8 Å². The highest BCUT2D eigenvalue weighted by atomic mass is 16.3. The van der Waals surface area contributed by atoms with Crippen LogP contribution in [0.25, 0.3) is 11.0 Å². The maximum atomic E-state index is 12.2. The number of hydrogen-bond donors (Lipinski definition) is 1. The molecular formula is C14H16N2O2. The van der Waals surface area contributed by atoms with E-state index in [0.29, 0.717) is 30.1 Å². The molecule has 4 heteroatoms. The first kappa shape index (κ1) is 12.2. The fraction of sp³-hybridized carbons (Fsp3) is 0.214. The maximum Gasteiger partial charge on any atom is 0.289 e. The first-order chi connectivity index (χ1) is 8.65. The van der Waals surface area contributed by atoms with Gasteiger partial charge < -0.3 is 15.1 Å². The van der Waals surface area contributed by atoms with Crippen LogP contribution in [0.2, 0.25) is 0 Å². The molecule has 0 radical (unpaired) electrons. The highest BCUT2D eigenvalue weighted by Crippen LogP contribution is 2.22. The monoisotopic (exact) mass is 244 g/mol. The van der Waals surface area contributed by atoms with Crippen LogP contribution in [0.4, 0.5) is 5.69 Å². The number of likely N-dealkylation sites (N-methyl/N-ethyl adjacent to an activating group) is 1. The summed E-state index contributed by atoms with van der Waals surface area (Å²) in [5.74, 6) is 0.200. The number of benzene rings is 1. The standard InChI is InChI=1S/C14H16N2O2/c1-3-7-16(4-2)14(17)13-9-10-8-11(15)5-6-12(10)18-13/h3,5-6,8-9H,1,4,7,15H2,2H3. The van der Waals surface area contributed by atoms with E-state index in [2.05, 4.69) is 6.58 Å². The summed E-state index contributed by atoms with van der Waals surface area (Å²) >= 11 is 0. The van der Waals surface area contributed by atoms with Crippen molar-refractivity contribution in [3.05, 3.63) is 42.7 Å². The molecule has 0 aliphatic heterocycles. The molecule has 0 unspecified atom stereocenters. The highest BCUT2D eigenvalue weighted by molar-refractivity contribution is 5.96. The van der Waals surface area contributed by atoms with E-state index in [1.54, 1.807) is 35.2 Å². The Morgan fingerprint density at radius 2 is 2.28 bits per heavy atom. The second-order valence-electron chi connectivity index (χ2n) is 4.04. The van der Waals surface area contributed by atoms with Gasteiger partial charge in [-0.1, -0.05) is 6.08 Å². The first-order valence-electron chi connectivity index (χ1n) is 5.85. The van der Waals surface area contributed by atoms with Crippen molar-refractivity contribution in [3.8, 4) is 0 Å². The Kier molecular flexibility index (Phi) is 3.37. The van der Waals surface area contributed by atoms with Crippen LogP contribution in [0.5, 0.6) is 0 Å². The third kappa shape index (κ3) is 2.22. The lowest BCUT2D eigenvalue weighted by Crippen LogP contribution is -2.30. The van der Waals surface area contributed by atoms with Crippen molar-refractivity contribution in [1.29, 1.82) is 0 Å². The Balaban J connectivity index is 2.35. The summed E-state index contributed by atoms with van der Waals surface area (Å²) in [7, 11) is 0. The minimum absolute atomic E-state index is 0.132. The zero-order chi connectivity index (χ0) is 13.1. The van der Waals surface area contributed by atoms with Crippen molar-refractivity contribution < 1.29 is 9.21 Å². The van der Waals surface area contributed by atoms with Crippen LogP contribution in [-0.2, 0) is 0 Å². The number of nitrogen functional groups attached to an aromatic ring is 1. The molecule has 1 aromatic carbocycles. The quantitative estimate of drug-likeness (QED) is 0.664. The van der Waals surface area contributed by atoms with Crippen LogP contribution in [0.15, 0.2) is 41.3 Å². The number of nitrogens with two attached hydrogens (primary N) is 1. The van der Waals surface area contributed by atoms with Crippen molar-refractivity contribution in [2.24, 2.45) is 0 Å². The zero-order valence-corrected chi connectivity index (χ0v) is 10.3. The van der Waals surface area contributed by atoms with Gasteiger partial charge in [0.1, 0.15) is 5.58 Å². The van der Waals surface area contributed by atoms with Gasteiger partial charge in [0, 0.05) is 24.2 Å². The van der Waals surface area contributed by atoms with Gasteiger partial charge in [0.25, 0.3) is 5.91 Å². The van der Waals surface area contributed by atoms with Crippen LogP contribution in [0, 0.1) is 0 Å². The molecule has 2 rings (SSSR count). The SMILES string of the molecule is C=CCN(CC)C(=O)c1cc2cc(N)ccc2o1. The van der Waals surface area contributed by atoms with Gasteiger partial charge in [-0.05, 0) is 31.2 Å². The van der Waals surface area contributed by atoms with E-state index in [4.69, 9.17) is 10.2 Å². The van der Waals surface area contributed by atoms with E-state index in [1.165, 1.54) is 0 Å². The summed E-state index contributed by atoms with van der Waals surface area (Å²) in [5.41, 5.74) is 7.01. The number of nitrogens with zero attached hydrogens (tertiary/aromatic N) is 1. The van der Waals surface area contributed by atoms with Gasteiger partial charge in [-0.25, -0.2) is 0 Å². The molecule has 94 valence electrons. The Morgan fingerprint density at radius 1 is 1.50 bits per heavy atom. The molecule has 2 aromatic rings. The zero-order valence-electron chi connectivity index (χ0n) is 10.3. The molecule has 1 heterocycles. The minimum Gasteiger partial charge on any atom is -0.451 e. The largest absolute Gasteiger partial charge is 0.451 e. The van der Waals surface area contributed by atoms with Gasteiger partial charge >= 0.3 is 0 Å².